The molecule has 2 rings (SSSR count). The molecule has 0 aromatic heterocycles. The summed E-state index contributed by atoms with van der Waals surface area (Å²) in [4.78, 5) is 14.6. The van der Waals surface area contributed by atoms with Gasteiger partial charge in [0, 0.05) is 25.0 Å². The van der Waals surface area contributed by atoms with Crippen molar-refractivity contribution in [2.45, 2.75) is 45.1 Å². The van der Waals surface area contributed by atoms with Crippen LogP contribution >= 0.6 is 0 Å². The molecule has 0 aromatic carbocycles. The van der Waals surface area contributed by atoms with Gasteiger partial charge in [0.15, 0.2) is 0 Å². The minimum absolute atomic E-state index is 0.146. The third-order valence-electron chi connectivity index (χ3n) is 4.92. The van der Waals surface area contributed by atoms with Crippen LogP contribution in [-0.2, 0) is 4.79 Å². The van der Waals surface area contributed by atoms with Crippen LogP contribution in [0.3, 0.4) is 0 Å². The first-order valence-corrected chi connectivity index (χ1v) is 7.78. The van der Waals surface area contributed by atoms with E-state index in [1.807, 2.05) is 0 Å². The van der Waals surface area contributed by atoms with Gasteiger partial charge in [-0.25, -0.2) is 0 Å². The lowest BCUT2D eigenvalue weighted by Gasteiger charge is -2.32. The zero-order chi connectivity index (χ0) is 13.8. The van der Waals surface area contributed by atoms with E-state index in [2.05, 4.69) is 24.2 Å². The fourth-order valence-corrected chi connectivity index (χ4v) is 3.42. The van der Waals surface area contributed by atoms with Crippen molar-refractivity contribution < 1.29 is 4.79 Å². The minimum atomic E-state index is 0.146. The first kappa shape index (κ1) is 14.8. The number of hydrogen-bond acceptors (Lipinski definition) is 3. The first-order valence-electron chi connectivity index (χ1n) is 7.78. The quantitative estimate of drug-likeness (QED) is 0.808. The van der Waals surface area contributed by atoms with Gasteiger partial charge < -0.3 is 16.0 Å². The van der Waals surface area contributed by atoms with Crippen LogP contribution in [0.2, 0.25) is 0 Å². The number of amides is 1. The van der Waals surface area contributed by atoms with Crippen LogP contribution in [0, 0.1) is 17.8 Å². The van der Waals surface area contributed by atoms with E-state index in [-0.39, 0.29) is 17.9 Å². The normalized spacial score (nSPS) is 37.0. The third-order valence-corrected chi connectivity index (χ3v) is 4.92. The van der Waals surface area contributed by atoms with Crippen LogP contribution in [0.25, 0.3) is 0 Å². The molecule has 4 nitrogen and oxygen atoms in total. The topological polar surface area (TPSA) is 58.4 Å². The molecule has 1 heterocycles. The average Bonchev–Trinajstić information content (AvgIpc) is 2.39. The number of nitrogens with one attached hydrogen (secondary N) is 1. The Morgan fingerprint density at radius 2 is 2.16 bits per heavy atom. The maximum atomic E-state index is 12.2. The Labute approximate surface area is 117 Å². The van der Waals surface area contributed by atoms with Gasteiger partial charge in [-0.15, -0.1) is 0 Å². The summed E-state index contributed by atoms with van der Waals surface area (Å²) in [6.07, 6.45) is 5.45. The average molecular weight is 267 g/mol. The Balaban J connectivity index is 1.72. The van der Waals surface area contributed by atoms with Crippen molar-refractivity contribution in [1.82, 2.24) is 10.2 Å². The maximum absolute atomic E-state index is 12.2. The van der Waals surface area contributed by atoms with Crippen molar-refractivity contribution in [3.8, 4) is 0 Å². The molecule has 0 aromatic rings. The Morgan fingerprint density at radius 1 is 1.37 bits per heavy atom. The van der Waals surface area contributed by atoms with Crippen molar-refractivity contribution in [1.29, 1.82) is 0 Å². The third kappa shape index (κ3) is 4.18. The number of likely N-dealkylation sites (tertiary alicyclic amines) is 1. The molecule has 0 spiro atoms. The van der Waals surface area contributed by atoms with Crippen LogP contribution in [0.5, 0.6) is 0 Å². The molecular formula is C15H29N3O. The fraction of sp³-hybridized carbons (Fsp3) is 0.933. The summed E-state index contributed by atoms with van der Waals surface area (Å²) in [6, 6.07) is 0.199. The summed E-state index contributed by atoms with van der Waals surface area (Å²) in [5, 5.41) is 3.16. The summed E-state index contributed by atoms with van der Waals surface area (Å²) in [5.41, 5.74) is 6.08. The van der Waals surface area contributed by atoms with Gasteiger partial charge >= 0.3 is 0 Å². The summed E-state index contributed by atoms with van der Waals surface area (Å²) in [6.45, 7) is 5.34. The summed E-state index contributed by atoms with van der Waals surface area (Å²) < 4.78 is 0. The number of carbonyl (C=O) groups is 1. The van der Waals surface area contributed by atoms with E-state index >= 15 is 0 Å². The molecule has 1 aliphatic heterocycles. The largest absolute Gasteiger partial charge is 0.356 e. The molecule has 2 fully saturated rings. The first-order chi connectivity index (χ1) is 9.06. The molecule has 1 amide bonds. The second kappa shape index (κ2) is 6.71. The zero-order valence-corrected chi connectivity index (χ0v) is 12.4. The van der Waals surface area contributed by atoms with Crippen molar-refractivity contribution in [2.24, 2.45) is 23.5 Å². The van der Waals surface area contributed by atoms with Crippen LogP contribution in [0.15, 0.2) is 0 Å². The molecule has 0 radical (unpaired) electrons. The molecule has 0 bridgehead atoms. The highest BCUT2D eigenvalue weighted by molar-refractivity contribution is 5.78. The Kier molecular flexibility index (Phi) is 5.22. The Hall–Kier alpha value is -0.610. The highest BCUT2D eigenvalue weighted by Crippen LogP contribution is 2.27. The van der Waals surface area contributed by atoms with E-state index in [4.69, 9.17) is 5.73 Å². The minimum Gasteiger partial charge on any atom is -0.356 e. The molecule has 2 aliphatic rings. The summed E-state index contributed by atoms with van der Waals surface area (Å²) >= 11 is 0. The molecule has 1 saturated carbocycles. The monoisotopic (exact) mass is 267 g/mol. The lowest BCUT2D eigenvalue weighted by atomic mass is 9.79. The van der Waals surface area contributed by atoms with E-state index in [0.717, 1.165) is 32.4 Å². The highest BCUT2D eigenvalue weighted by atomic mass is 16.1. The molecule has 4 heteroatoms. The number of nitrogens with two attached hydrogens (primary N) is 1. The zero-order valence-electron chi connectivity index (χ0n) is 12.4. The fourth-order valence-electron chi connectivity index (χ4n) is 3.42. The Bertz CT molecular complexity index is 308. The summed E-state index contributed by atoms with van der Waals surface area (Å²) in [5.74, 6) is 1.57. The van der Waals surface area contributed by atoms with Gasteiger partial charge in [-0.2, -0.15) is 0 Å². The van der Waals surface area contributed by atoms with E-state index in [1.165, 1.54) is 19.4 Å². The molecule has 3 N–H and O–H groups in total. The predicted octanol–water partition coefficient (Wildman–Crippen LogP) is 1.21. The molecule has 4 atom stereocenters. The summed E-state index contributed by atoms with van der Waals surface area (Å²) in [7, 11) is 2.16. The molecular weight excluding hydrogens is 238 g/mol. The van der Waals surface area contributed by atoms with Crippen molar-refractivity contribution >= 4 is 5.91 Å². The van der Waals surface area contributed by atoms with Gasteiger partial charge in [-0.05, 0) is 57.5 Å². The molecule has 110 valence electrons. The SMILES string of the molecule is CC1CCC(C(=O)NCC2CCCN(C)C2)CC1N. The van der Waals surface area contributed by atoms with E-state index < -0.39 is 0 Å². The standard InChI is InChI=1S/C15H29N3O/c1-11-5-6-13(8-14(11)16)15(19)17-9-12-4-3-7-18(2)10-12/h11-14H,3-10,16H2,1-2H3,(H,17,19). The Morgan fingerprint density at radius 3 is 2.84 bits per heavy atom. The number of piperidine rings is 1. The van der Waals surface area contributed by atoms with E-state index in [9.17, 15) is 4.79 Å². The lowest BCUT2D eigenvalue weighted by Crippen LogP contribution is -2.44. The number of rotatable bonds is 3. The van der Waals surface area contributed by atoms with Gasteiger partial charge in [-0.3, -0.25) is 4.79 Å². The van der Waals surface area contributed by atoms with Crippen LogP contribution in [0.1, 0.15) is 39.0 Å². The van der Waals surface area contributed by atoms with Gasteiger partial charge in [0.2, 0.25) is 5.91 Å². The molecule has 19 heavy (non-hydrogen) atoms. The second-order valence-corrected chi connectivity index (χ2v) is 6.67. The number of nitrogens with zero attached hydrogens (tertiary/aromatic N) is 1. The molecule has 1 aliphatic carbocycles. The highest BCUT2D eigenvalue weighted by Gasteiger charge is 2.29. The van der Waals surface area contributed by atoms with E-state index in [1.54, 1.807) is 0 Å². The van der Waals surface area contributed by atoms with Gasteiger partial charge in [0.05, 0.1) is 0 Å². The molecule has 4 unspecified atom stereocenters. The predicted molar refractivity (Wildman–Crippen MR) is 77.7 cm³/mol. The van der Waals surface area contributed by atoms with Crippen LogP contribution < -0.4 is 11.1 Å². The lowest BCUT2D eigenvalue weighted by molar-refractivity contribution is -0.126. The molecule has 1 saturated heterocycles. The number of carbonyl (C=O) groups excluding carboxylic acids is 1. The van der Waals surface area contributed by atoms with Crippen molar-refractivity contribution in [3.63, 3.8) is 0 Å². The number of hydrogen-bond donors (Lipinski definition) is 2. The van der Waals surface area contributed by atoms with Gasteiger partial charge in [0.25, 0.3) is 0 Å². The second-order valence-electron chi connectivity index (χ2n) is 6.67. The van der Waals surface area contributed by atoms with Crippen LogP contribution in [-0.4, -0.2) is 43.5 Å². The van der Waals surface area contributed by atoms with Crippen molar-refractivity contribution in [2.75, 3.05) is 26.7 Å². The van der Waals surface area contributed by atoms with Crippen molar-refractivity contribution in [3.05, 3.63) is 0 Å². The van der Waals surface area contributed by atoms with E-state index in [0.29, 0.717) is 11.8 Å². The smallest absolute Gasteiger partial charge is 0.223 e. The maximum Gasteiger partial charge on any atom is 0.223 e. The van der Waals surface area contributed by atoms with Crippen LogP contribution in [0.4, 0.5) is 0 Å². The van der Waals surface area contributed by atoms with Gasteiger partial charge in [-0.1, -0.05) is 6.92 Å². The van der Waals surface area contributed by atoms with Gasteiger partial charge in [0.1, 0.15) is 0 Å².